The monoisotopic (exact) mass is 309 g/mol. The number of hydrogen-bond acceptors (Lipinski definition) is 4. The smallest absolute Gasteiger partial charge is 0.134 e. The Labute approximate surface area is 129 Å². The molecule has 0 amide bonds. The molecule has 1 atom stereocenters. The highest BCUT2D eigenvalue weighted by molar-refractivity contribution is 7.11. The van der Waals surface area contributed by atoms with E-state index in [9.17, 15) is 0 Å². The minimum atomic E-state index is 0.312. The molecule has 0 saturated carbocycles. The summed E-state index contributed by atoms with van der Waals surface area (Å²) in [5.74, 6) is 0. The van der Waals surface area contributed by atoms with Crippen LogP contribution in [0.25, 0.3) is 0 Å². The molecule has 0 bridgehead atoms. The van der Waals surface area contributed by atoms with Crippen molar-refractivity contribution in [1.82, 2.24) is 15.5 Å². The molecule has 0 aliphatic rings. The van der Waals surface area contributed by atoms with Gasteiger partial charge in [-0.15, -0.1) is 10.2 Å². The van der Waals surface area contributed by atoms with E-state index in [1.807, 2.05) is 24.3 Å². The maximum atomic E-state index is 6.18. The van der Waals surface area contributed by atoms with E-state index in [1.54, 1.807) is 11.3 Å². The lowest BCUT2D eigenvalue weighted by atomic mass is 10.2. The molecule has 3 nitrogen and oxygen atoms in total. The summed E-state index contributed by atoms with van der Waals surface area (Å²) >= 11 is 7.86. The summed E-state index contributed by atoms with van der Waals surface area (Å²) in [5, 5.41) is 15.0. The van der Waals surface area contributed by atoms with Gasteiger partial charge in [0, 0.05) is 11.4 Å². The molecule has 2 rings (SSSR count). The van der Waals surface area contributed by atoms with Crippen molar-refractivity contribution in [2.24, 2.45) is 0 Å². The van der Waals surface area contributed by atoms with Gasteiger partial charge in [-0.05, 0) is 31.0 Å². The summed E-state index contributed by atoms with van der Waals surface area (Å²) in [7, 11) is 0. The number of benzene rings is 1. The summed E-state index contributed by atoms with van der Waals surface area (Å²) in [4.78, 5) is 0. The van der Waals surface area contributed by atoms with Crippen LogP contribution in [0.5, 0.6) is 0 Å². The normalized spacial score (nSPS) is 12.6. The zero-order valence-corrected chi connectivity index (χ0v) is 13.5. The van der Waals surface area contributed by atoms with Crippen LogP contribution in [0.15, 0.2) is 24.3 Å². The van der Waals surface area contributed by atoms with Crippen LogP contribution in [0, 0.1) is 0 Å². The Hall–Kier alpha value is -0.970. The molecule has 1 heterocycles. The lowest BCUT2D eigenvalue weighted by Gasteiger charge is -2.12. The standard InChI is InChI=1S/C15H20ClN3S/c1-3-9-17-13(4-2)15-19-18-14(20-15)10-11-7-5-6-8-12(11)16/h5-8,13,17H,3-4,9-10H2,1-2H3. The van der Waals surface area contributed by atoms with Crippen LogP contribution in [-0.2, 0) is 6.42 Å². The molecular weight excluding hydrogens is 290 g/mol. The Morgan fingerprint density at radius 1 is 1.25 bits per heavy atom. The Morgan fingerprint density at radius 2 is 2.05 bits per heavy atom. The zero-order chi connectivity index (χ0) is 14.4. The van der Waals surface area contributed by atoms with Crippen molar-refractivity contribution in [2.45, 2.75) is 39.2 Å². The van der Waals surface area contributed by atoms with Gasteiger partial charge in [-0.1, -0.05) is 55.0 Å². The van der Waals surface area contributed by atoms with Gasteiger partial charge < -0.3 is 5.32 Å². The van der Waals surface area contributed by atoms with E-state index in [2.05, 4.69) is 29.4 Å². The molecule has 1 N–H and O–H groups in total. The van der Waals surface area contributed by atoms with Crippen LogP contribution in [0.3, 0.4) is 0 Å². The number of hydrogen-bond donors (Lipinski definition) is 1. The molecule has 108 valence electrons. The average molecular weight is 310 g/mol. The summed E-state index contributed by atoms with van der Waals surface area (Å²) in [6, 6.07) is 8.21. The largest absolute Gasteiger partial charge is 0.308 e. The average Bonchev–Trinajstić information content (AvgIpc) is 2.91. The highest BCUT2D eigenvalue weighted by Gasteiger charge is 2.14. The molecule has 0 spiro atoms. The van der Waals surface area contributed by atoms with Crippen molar-refractivity contribution in [3.63, 3.8) is 0 Å². The number of aromatic nitrogens is 2. The number of halogens is 1. The van der Waals surface area contributed by atoms with Crippen molar-refractivity contribution < 1.29 is 0 Å². The molecule has 1 aromatic heterocycles. The molecule has 5 heteroatoms. The van der Waals surface area contributed by atoms with E-state index in [4.69, 9.17) is 11.6 Å². The van der Waals surface area contributed by atoms with Gasteiger partial charge in [0.1, 0.15) is 10.0 Å². The van der Waals surface area contributed by atoms with Gasteiger partial charge in [-0.2, -0.15) is 0 Å². The van der Waals surface area contributed by atoms with E-state index >= 15 is 0 Å². The van der Waals surface area contributed by atoms with Gasteiger partial charge in [0.25, 0.3) is 0 Å². The topological polar surface area (TPSA) is 37.8 Å². The summed E-state index contributed by atoms with van der Waals surface area (Å²) < 4.78 is 0. The van der Waals surface area contributed by atoms with Crippen molar-refractivity contribution in [3.05, 3.63) is 44.9 Å². The van der Waals surface area contributed by atoms with E-state index in [1.165, 1.54) is 0 Å². The first kappa shape index (κ1) is 15.4. The molecular formula is C15H20ClN3S. The van der Waals surface area contributed by atoms with Gasteiger partial charge in [-0.25, -0.2) is 0 Å². The third-order valence-corrected chi connectivity index (χ3v) is 4.53. The van der Waals surface area contributed by atoms with E-state index in [0.717, 1.165) is 46.4 Å². The van der Waals surface area contributed by atoms with Gasteiger partial charge >= 0.3 is 0 Å². The molecule has 0 fully saturated rings. The van der Waals surface area contributed by atoms with Crippen LogP contribution >= 0.6 is 22.9 Å². The fraction of sp³-hybridized carbons (Fsp3) is 0.467. The van der Waals surface area contributed by atoms with Crippen LogP contribution in [0.1, 0.15) is 48.3 Å². The van der Waals surface area contributed by atoms with E-state index < -0.39 is 0 Å². The summed E-state index contributed by atoms with van der Waals surface area (Å²) in [5.41, 5.74) is 1.10. The molecule has 0 radical (unpaired) electrons. The number of nitrogens with zero attached hydrogens (tertiary/aromatic N) is 2. The van der Waals surface area contributed by atoms with Crippen molar-refractivity contribution in [3.8, 4) is 0 Å². The molecule has 2 aromatic rings. The number of nitrogens with one attached hydrogen (secondary N) is 1. The molecule has 0 aliphatic heterocycles. The first-order valence-electron chi connectivity index (χ1n) is 7.03. The minimum Gasteiger partial charge on any atom is -0.308 e. The van der Waals surface area contributed by atoms with E-state index in [-0.39, 0.29) is 0 Å². The Morgan fingerprint density at radius 3 is 2.75 bits per heavy atom. The van der Waals surface area contributed by atoms with Gasteiger partial charge in [0.15, 0.2) is 0 Å². The first-order valence-corrected chi connectivity index (χ1v) is 8.23. The van der Waals surface area contributed by atoms with Gasteiger partial charge in [-0.3, -0.25) is 0 Å². The molecule has 0 saturated heterocycles. The zero-order valence-electron chi connectivity index (χ0n) is 11.9. The molecule has 1 aromatic carbocycles. The molecule has 0 aliphatic carbocycles. The van der Waals surface area contributed by atoms with Crippen molar-refractivity contribution in [1.29, 1.82) is 0 Å². The van der Waals surface area contributed by atoms with Crippen LogP contribution in [0.2, 0.25) is 5.02 Å². The second-order valence-corrected chi connectivity index (χ2v) is 6.22. The second kappa shape index (κ2) is 7.72. The summed E-state index contributed by atoms with van der Waals surface area (Å²) in [6.45, 7) is 5.35. The van der Waals surface area contributed by atoms with Crippen molar-refractivity contribution in [2.75, 3.05) is 6.54 Å². The van der Waals surface area contributed by atoms with Crippen LogP contribution in [0.4, 0.5) is 0 Å². The highest BCUT2D eigenvalue weighted by Crippen LogP contribution is 2.24. The third kappa shape index (κ3) is 4.01. The fourth-order valence-electron chi connectivity index (χ4n) is 2.01. The van der Waals surface area contributed by atoms with E-state index in [0.29, 0.717) is 6.04 Å². The third-order valence-electron chi connectivity index (χ3n) is 3.13. The Balaban J connectivity index is 2.06. The first-order chi connectivity index (χ1) is 9.74. The highest BCUT2D eigenvalue weighted by atomic mass is 35.5. The minimum absolute atomic E-state index is 0.312. The number of rotatable bonds is 7. The quantitative estimate of drug-likeness (QED) is 0.831. The van der Waals surface area contributed by atoms with Crippen molar-refractivity contribution >= 4 is 22.9 Å². The van der Waals surface area contributed by atoms with Crippen LogP contribution in [-0.4, -0.2) is 16.7 Å². The SMILES string of the molecule is CCCNC(CC)c1nnc(Cc2ccccc2Cl)s1. The maximum absolute atomic E-state index is 6.18. The predicted molar refractivity (Wildman–Crippen MR) is 85.5 cm³/mol. The lowest BCUT2D eigenvalue weighted by molar-refractivity contribution is 0.513. The predicted octanol–water partition coefficient (Wildman–Crippen LogP) is 4.23. The fourth-order valence-corrected chi connectivity index (χ4v) is 3.24. The summed E-state index contributed by atoms with van der Waals surface area (Å²) in [6.07, 6.45) is 2.91. The Bertz CT molecular complexity index is 541. The molecule has 20 heavy (non-hydrogen) atoms. The van der Waals surface area contributed by atoms with Crippen LogP contribution < -0.4 is 5.32 Å². The molecule has 1 unspecified atom stereocenters. The second-order valence-electron chi connectivity index (χ2n) is 4.72. The Kier molecular flexibility index (Phi) is 5.95. The maximum Gasteiger partial charge on any atom is 0.134 e. The lowest BCUT2D eigenvalue weighted by Crippen LogP contribution is -2.21. The van der Waals surface area contributed by atoms with Gasteiger partial charge in [0.05, 0.1) is 6.04 Å². The van der Waals surface area contributed by atoms with Gasteiger partial charge in [0.2, 0.25) is 0 Å².